The normalized spacial score (nSPS) is 12.3. The number of benzene rings is 1. The molecular formula is C20H21FN2O2S. The van der Waals surface area contributed by atoms with E-state index in [2.05, 4.69) is 5.32 Å². The summed E-state index contributed by atoms with van der Waals surface area (Å²) >= 11 is 1.56. The fraction of sp³-hybridized carbons (Fsp3) is 0.250. The fourth-order valence-electron chi connectivity index (χ4n) is 2.77. The molecule has 3 aromatic rings. The molecule has 4 nitrogen and oxygen atoms in total. The van der Waals surface area contributed by atoms with E-state index >= 15 is 0 Å². The van der Waals surface area contributed by atoms with Gasteiger partial charge in [0.05, 0.1) is 19.1 Å². The highest BCUT2D eigenvalue weighted by molar-refractivity contribution is 7.10. The molecule has 1 N–H and O–H groups in total. The van der Waals surface area contributed by atoms with E-state index in [1.807, 2.05) is 48.5 Å². The Morgan fingerprint density at radius 2 is 2.00 bits per heavy atom. The number of carbonyl (C=O) groups is 1. The first kappa shape index (κ1) is 18.4. The molecular weight excluding hydrogens is 351 g/mol. The van der Waals surface area contributed by atoms with Crippen LogP contribution in [0.5, 0.6) is 0 Å². The van der Waals surface area contributed by atoms with E-state index in [0.29, 0.717) is 6.54 Å². The van der Waals surface area contributed by atoms with Crippen LogP contribution in [0.2, 0.25) is 0 Å². The Balaban J connectivity index is 1.66. The molecule has 0 saturated carbocycles. The summed E-state index contributed by atoms with van der Waals surface area (Å²) in [7, 11) is 1.87. The molecule has 0 spiro atoms. The van der Waals surface area contributed by atoms with Gasteiger partial charge in [-0.25, -0.2) is 4.39 Å². The first-order chi connectivity index (χ1) is 12.5. The predicted molar refractivity (Wildman–Crippen MR) is 100 cm³/mol. The van der Waals surface area contributed by atoms with Crippen molar-refractivity contribution in [3.63, 3.8) is 0 Å². The third-order valence-electron chi connectivity index (χ3n) is 3.97. The molecule has 0 radical (unpaired) electrons. The highest BCUT2D eigenvalue weighted by Crippen LogP contribution is 2.26. The maximum Gasteiger partial charge on any atom is 0.234 e. The lowest BCUT2D eigenvalue weighted by atomic mass is 10.1. The van der Waals surface area contributed by atoms with Gasteiger partial charge in [-0.3, -0.25) is 9.69 Å². The molecule has 0 fully saturated rings. The molecule has 1 atom stereocenters. The van der Waals surface area contributed by atoms with E-state index in [4.69, 9.17) is 4.42 Å². The third kappa shape index (κ3) is 4.80. The summed E-state index contributed by atoms with van der Waals surface area (Å²) in [6, 6.07) is 13.7. The molecule has 1 amide bonds. The second-order valence-electron chi connectivity index (χ2n) is 6.25. The minimum atomic E-state index is -0.293. The summed E-state index contributed by atoms with van der Waals surface area (Å²) in [5.41, 5.74) is 0.853. The molecule has 0 saturated heterocycles. The highest BCUT2D eigenvalue weighted by Gasteiger charge is 2.19. The number of amides is 1. The van der Waals surface area contributed by atoms with Gasteiger partial charge in [0.15, 0.2) is 0 Å². The topological polar surface area (TPSA) is 45.5 Å². The third-order valence-corrected chi connectivity index (χ3v) is 4.91. The Labute approximate surface area is 156 Å². The van der Waals surface area contributed by atoms with Crippen molar-refractivity contribution in [2.24, 2.45) is 0 Å². The maximum atomic E-state index is 13.2. The van der Waals surface area contributed by atoms with Crippen LogP contribution in [0.1, 0.15) is 28.0 Å². The van der Waals surface area contributed by atoms with E-state index in [0.717, 1.165) is 22.0 Å². The summed E-state index contributed by atoms with van der Waals surface area (Å²) in [6.45, 7) is 2.69. The standard InChI is InChI=1S/C20H21FN2O2S/c1-14-5-10-17(25-14)12-23(2)13-19(24)22-20(18-4-3-11-26-18)15-6-8-16(21)9-7-15/h3-11,20H,12-13H2,1-2H3,(H,22,24). The van der Waals surface area contributed by atoms with E-state index in [1.165, 1.54) is 12.1 Å². The molecule has 0 aliphatic heterocycles. The summed E-state index contributed by atoms with van der Waals surface area (Å²) in [5, 5.41) is 5.02. The zero-order valence-electron chi connectivity index (χ0n) is 14.7. The lowest BCUT2D eigenvalue weighted by Crippen LogP contribution is -2.37. The maximum absolute atomic E-state index is 13.2. The Kier molecular flexibility index (Phi) is 5.85. The summed E-state index contributed by atoms with van der Waals surface area (Å²) in [4.78, 5) is 15.4. The smallest absolute Gasteiger partial charge is 0.234 e. The van der Waals surface area contributed by atoms with Crippen LogP contribution in [0.15, 0.2) is 58.3 Å². The van der Waals surface area contributed by atoms with Gasteiger partial charge >= 0.3 is 0 Å². The molecule has 0 aliphatic carbocycles. The SMILES string of the molecule is Cc1ccc(CN(C)CC(=O)NC(c2ccc(F)cc2)c2cccs2)o1. The lowest BCUT2D eigenvalue weighted by Gasteiger charge is -2.21. The molecule has 0 bridgehead atoms. The number of hydrogen-bond donors (Lipinski definition) is 1. The van der Waals surface area contributed by atoms with Gasteiger partial charge in [0.1, 0.15) is 17.3 Å². The number of hydrogen-bond acceptors (Lipinski definition) is 4. The van der Waals surface area contributed by atoms with Crippen LogP contribution in [0, 0.1) is 12.7 Å². The first-order valence-corrected chi connectivity index (χ1v) is 9.21. The monoisotopic (exact) mass is 372 g/mol. The van der Waals surface area contributed by atoms with Crippen molar-refractivity contribution in [2.75, 3.05) is 13.6 Å². The molecule has 26 heavy (non-hydrogen) atoms. The molecule has 0 aliphatic rings. The van der Waals surface area contributed by atoms with Crippen molar-refractivity contribution in [2.45, 2.75) is 19.5 Å². The zero-order chi connectivity index (χ0) is 18.5. The Bertz CT molecular complexity index is 843. The molecule has 3 rings (SSSR count). The van der Waals surface area contributed by atoms with Crippen LogP contribution < -0.4 is 5.32 Å². The Hall–Kier alpha value is -2.44. The average molecular weight is 372 g/mol. The van der Waals surface area contributed by atoms with Gasteiger partial charge in [-0.2, -0.15) is 0 Å². The second kappa shape index (κ2) is 8.29. The summed E-state index contributed by atoms with van der Waals surface area (Å²) in [5.74, 6) is 1.29. The van der Waals surface area contributed by atoms with Gasteiger partial charge in [0.25, 0.3) is 0 Å². The van der Waals surface area contributed by atoms with E-state index in [9.17, 15) is 9.18 Å². The van der Waals surface area contributed by atoms with Crippen LogP contribution in [-0.4, -0.2) is 24.4 Å². The van der Waals surface area contributed by atoms with E-state index in [1.54, 1.807) is 23.5 Å². The van der Waals surface area contributed by atoms with E-state index < -0.39 is 0 Å². The average Bonchev–Trinajstić information content (AvgIpc) is 3.25. The van der Waals surface area contributed by atoms with Gasteiger partial charge in [0.2, 0.25) is 5.91 Å². The summed E-state index contributed by atoms with van der Waals surface area (Å²) < 4.78 is 18.8. The zero-order valence-corrected chi connectivity index (χ0v) is 15.6. The van der Waals surface area contributed by atoms with Crippen LogP contribution in [-0.2, 0) is 11.3 Å². The van der Waals surface area contributed by atoms with Crippen molar-refractivity contribution in [3.05, 3.63) is 81.7 Å². The van der Waals surface area contributed by atoms with Gasteiger partial charge in [0, 0.05) is 4.88 Å². The number of aryl methyl sites for hydroxylation is 1. The fourth-order valence-corrected chi connectivity index (χ4v) is 3.58. The number of nitrogens with zero attached hydrogens (tertiary/aromatic N) is 1. The Morgan fingerprint density at radius 3 is 2.62 bits per heavy atom. The molecule has 136 valence electrons. The minimum Gasteiger partial charge on any atom is -0.465 e. The number of likely N-dealkylation sites (N-methyl/N-ethyl adjacent to an activating group) is 1. The minimum absolute atomic E-state index is 0.0986. The second-order valence-corrected chi connectivity index (χ2v) is 7.23. The van der Waals surface area contributed by atoms with Crippen LogP contribution >= 0.6 is 11.3 Å². The highest BCUT2D eigenvalue weighted by atomic mass is 32.1. The number of rotatable bonds is 7. The lowest BCUT2D eigenvalue weighted by molar-refractivity contribution is -0.122. The molecule has 1 unspecified atom stereocenters. The van der Waals surface area contributed by atoms with Gasteiger partial charge < -0.3 is 9.73 Å². The van der Waals surface area contributed by atoms with Crippen molar-refractivity contribution in [1.29, 1.82) is 0 Å². The van der Waals surface area contributed by atoms with Crippen LogP contribution in [0.3, 0.4) is 0 Å². The number of carbonyl (C=O) groups excluding carboxylic acids is 1. The van der Waals surface area contributed by atoms with Crippen molar-refractivity contribution < 1.29 is 13.6 Å². The summed E-state index contributed by atoms with van der Waals surface area (Å²) in [6.07, 6.45) is 0. The van der Waals surface area contributed by atoms with Crippen LogP contribution in [0.4, 0.5) is 4.39 Å². The molecule has 2 aromatic heterocycles. The molecule has 6 heteroatoms. The largest absolute Gasteiger partial charge is 0.465 e. The predicted octanol–water partition coefficient (Wildman–Crippen LogP) is 4.13. The number of nitrogens with one attached hydrogen (secondary N) is 1. The van der Waals surface area contributed by atoms with Crippen molar-refractivity contribution >= 4 is 17.2 Å². The van der Waals surface area contributed by atoms with Crippen molar-refractivity contribution in [1.82, 2.24) is 10.2 Å². The number of halogens is 1. The number of furan rings is 1. The van der Waals surface area contributed by atoms with Crippen LogP contribution in [0.25, 0.3) is 0 Å². The van der Waals surface area contributed by atoms with Gasteiger partial charge in [-0.1, -0.05) is 18.2 Å². The van der Waals surface area contributed by atoms with Crippen molar-refractivity contribution in [3.8, 4) is 0 Å². The first-order valence-electron chi connectivity index (χ1n) is 8.33. The molecule has 2 heterocycles. The quantitative estimate of drug-likeness (QED) is 0.678. The Morgan fingerprint density at radius 1 is 1.23 bits per heavy atom. The van der Waals surface area contributed by atoms with Gasteiger partial charge in [-0.05, 0) is 55.2 Å². The number of thiophene rings is 1. The molecule has 1 aromatic carbocycles. The van der Waals surface area contributed by atoms with E-state index in [-0.39, 0.29) is 24.3 Å². The van der Waals surface area contributed by atoms with Gasteiger partial charge in [-0.15, -0.1) is 11.3 Å².